The highest BCUT2D eigenvalue weighted by atomic mass is 32.2. The predicted octanol–water partition coefficient (Wildman–Crippen LogP) is 0.0815. The average Bonchev–Trinajstić information content (AvgIpc) is 2.16. The normalized spacial score (nSPS) is 11.9. The minimum Gasteiger partial charge on any atom is -0.401 e. The number of pyridine rings is 1. The molecule has 1 heterocycles. The van der Waals surface area contributed by atoms with Crippen LogP contribution in [0.15, 0.2) is 11.0 Å². The van der Waals surface area contributed by atoms with Gasteiger partial charge in [0.1, 0.15) is 16.8 Å². The Balaban J connectivity index is 3.60. The first-order valence-corrected chi connectivity index (χ1v) is 5.58. The average molecular weight is 282 g/mol. The summed E-state index contributed by atoms with van der Waals surface area (Å²) in [4.78, 5) is 2.16. The van der Waals surface area contributed by atoms with Crippen molar-refractivity contribution in [3.63, 3.8) is 0 Å². The van der Waals surface area contributed by atoms with Crippen LogP contribution in [0.3, 0.4) is 0 Å². The lowest BCUT2D eigenvalue weighted by Gasteiger charge is -2.13. The van der Waals surface area contributed by atoms with Crippen LogP contribution >= 0.6 is 0 Å². The van der Waals surface area contributed by atoms with E-state index in [9.17, 15) is 21.6 Å². The third-order valence-electron chi connectivity index (χ3n) is 1.59. The van der Waals surface area contributed by atoms with Gasteiger partial charge in [-0.05, 0) is 0 Å². The van der Waals surface area contributed by atoms with Gasteiger partial charge in [-0.1, -0.05) is 0 Å². The number of ether oxygens (including phenoxy) is 1. The van der Waals surface area contributed by atoms with E-state index in [0.717, 1.165) is 0 Å². The fourth-order valence-corrected chi connectivity index (χ4v) is 1.71. The van der Waals surface area contributed by atoms with Crippen molar-refractivity contribution in [1.29, 1.82) is 5.26 Å². The maximum Gasteiger partial charge on any atom is 0.573 e. The van der Waals surface area contributed by atoms with Gasteiger partial charge >= 0.3 is 6.36 Å². The minimum atomic E-state index is -5.21. The molecular weight excluding hydrogens is 277 g/mol. The summed E-state index contributed by atoms with van der Waals surface area (Å²) < 4.78 is 61.9. The highest BCUT2D eigenvalue weighted by molar-refractivity contribution is 7.89. The largest absolute Gasteiger partial charge is 0.573 e. The molecule has 0 amide bonds. The zero-order valence-electron chi connectivity index (χ0n) is 8.39. The van der Waals surface area contributed by atoms with Crippen LogP contribution in [0.2, 0.25) is 0 Å². The van der Waals surface area contributed by atoms with Crippen LogP contribution in [0.1, 0.15) is 5.69 Å². The predicted molar refractivity (Wildman–Crippen MR) is 51.4 cm³/mol. The summed E-state index contributed by atoms with van der Waals surface area (Å²) in [7, 11) is -4.56. The number of aromatic nitrogens is 1. The van der Waals surface area contributed by atoms with Gasteiger partial charge in [0.2, 0.25) is 10.0 Å². The van der Waals surface area contributed by atoms with Crippen molar-refractivity contribution < 1.29 is 26.3 Å². The first kappa shape index (κ1) is 14.0. The Morgan fingerprint density at radius 1 is 1.44 bits per heavy atom. The van der Waals surface area contributed by atoms with E-state index in [1.54, 1.807) is 0 Å². The van der Waals surface area contributed by atoms with E-state index in [-0.39, 0.29) is 0 Å². The van der Waals surface area contributed by atoms with E-state index in [1.165, 1.54) is 6.07 Å². The van der Waals surface area contributed by atoms with E-state index in [0.29, 0.717) is 6.07 Å². The molecule has 11 heteroatoms. The van der Waals surface area contributed by atoms with Crippen molar-refractivity contribution in [3.05, 3.63) is 11.8 Å². The standard InChI is InChI=1S/C7H5F3N4O3S/c8-7(9,10)17-6-3(2-11)14-5(12)1-4(6)18(13,15)16/h1H,(H2,12,14)(H2,13,15,16). The van der Waals surface area contributed by atoms with Gasteiger partial charge in [0.25, 0.3) is 0 Å². The van der Waals surface area contributed by atoms with Gasteiger partial charge in [0.05, 0.1) is 0 Å². The summed E-state index contributed by atoms with van der Waals surface area (Å²) in [5.74, 6) is -1.79. The molecule has 0 aliphatic heterocycles. The molecular formula is C7H5F3N4O3S. The van der Waals surface area contributed by atoms with Gasteiger partial charge < -0.3 is 10.5 Å². The number of halogens is 3. The lowest BCUT2D eigenvalue weighted by atomic mass is 10.3. The third-order valence-corrected chi connectivity index (χ3v) is 2.51. The molecule has 7 nitrogen and oxygen atoms in total. The second-order valence-electron chi connectivity index (χ2n) is 2.93. The molecule has 98 valence electrons. The molecule has 0 bridgehead atoms. The smallest absolute Gasteiger partial charge is 0.401 e. The zero-order valence-corrected chi connectivity index (χ0v) is 9.21. The Hall–Kier alpha value is -2.06. The maximum atomic E-state index is 12.1. The number of anilines is 1. The fraction of sp³-hybridized carbons (Fsp3) is 0.143. The molecule has 0 saturated heterocycles. The van der Waals surface area contributed by atoms with Crippen molar-refractivity contribution in [2.45, 2.75) is 11.3 Å². The van der Waals surface area contributed by atoms with E-state index in [2.05, 4.69) is 9.72 Å². The highest BCUT2D eigenvalue weighted by Gasteiger charge is 2.36. The van der Waals surface area contributed by atoms with Crippen LogP contribution < -0.4 is 15.6 Å². The molecule has 0 radical (unpaired) electrons. The SMILES string of the molecule is N#Cc1nc(N)cc(S(N)(=O)=O)c1OC(F)(F)F. The van der Waals surface area contributed by atoms with E-state index >= 15 is 0 Å². The topological polar surface area (TPSA) is 132 Å². The summed E-state index contributed by atoms with van der Waals surface area (Å²) in [6, 6.07) is 1.80. The summed E-state index contributed by atoms with van der Waals surface area (Å²) in [5, 5.41) is 13.3. The summed E-state index contributed by atoms with van der Waals surface area (Å²) >= 11 is 0. The van der Waals surface area contributed by atoms with Crippen LogP contribution in [0.5, 0.6) is 5.75 Å². The summed E-state index contributed by atoms with van der Waals surface area (Å²) in [6.45, 7) is 0. The van der Waals surface area contributed by atoms with Crippen LogP contribution in [-0.2, 0) is 10.0 Å². The van der Waals surface area contributed by atoms with Gasteiger partial charge in [0, 0.05) is 6.07 Å². The van der Waals surface area contributed by atoms with Crippen molar-refractivity contribution in [3.8, 4) is 11.8 Å². The quantitative estimate of drug-likeness (QED) is 0.789. The highest BCUT2D eigenvalue weighted by Crippen LogP contribution is 2.32. The van der Waals surface area contributed by atoms with Crippen molar-refractivity contribution in [2.75, 3.05) is 5.73 Å². The van der Waals surface area contributed by atoms with E-state index < -0.39 is 38.5 Å². The molecule has 1 rings (SSSR count). The van der Waals surface area contributed by atoms with Crippen molar-refractivity contribution in [2.24, 2.45) is 5.14 Å². The van der Waals surface area contributed by atoms with Crippen LogP contribution in [0.4, 0.5) is 19.0 Å². The van der Waals surface area contributed by atoms with Crippen LogP contribution in [-0.4, -0.2) is 19.8 Å². The summed E-state index contributed by atoms with van der Waals surface area (Å²) in [5.41, 5.74) is 4.21. The van der Waals surface area contributed by atoms with Gasteiger partial charge in [-0.3, -0.25) is 0 Å². The molecule has 0 aliphatic carbocycles. The van der Waals surface area contributed by atoms with Crippen LogP contribution in [0.25, 0.3) is 0 Å². The molecule has 0 spiro atoms. The monoisotopic (exact) mass is 282 g/mol. The molecule has 4 N–H and O–H groups in total. The Labute approximate surface area is 98.8 Å². The number of hydrogen-bond acceptors (Lipinski definition) is 6. The molecule has 0 unspecified atom stereocenters. The Kier molecular flexibility index (Phi) is 3.36. The lowest BCUT2D eigenvalue weighted by molar-refractivity contribution is -0.275. The first-order valence-electron chi connectivity index (χ1n) is 4.04. The molecule has 0 aromatic carbocycles. The number of sulfonamides is 1. The van der Waals surface area contributed by atoms with Gasteiger partial charge in [-0.15, -0.1) is 13.2 Å². The number of alkyl halides is 3. The number of nitrogens with zero attached hydrogens (tertiary/aromatic N) is 2. The summed E-state index contributed by atoms with van der Waals surface area (Å²) in [6.07, 6.45) is -5.21. The second-order valence-corrected chi connectivity index (χ2v) is 4.46. The number of hydrogen-bond donors (Lipinski definition) is 2. The first-order chi connectivity index (χ1) is 8.04. The number of nitrogens with two attached hydrogens (primary N) is 2. The second kappa shape index (κ2) is 4.31. The van der Waals surface area contributed by atoms with Gasteiger partial charge in [-0.25, -0.2) is 18.5 Å². The molecule has 18 heavy (non-hydrogen) atoms. The number of nitriles is 1. The number of primary sulfonamides is 1. The molecule has 1 aromatic heterocycles. The molecule has 1 aromatic rings. The molecule has 0 saturated carbocycles. The van der Waals surface area contributed by atoms with E-state index in [4.69, 9.17) is 16.1 Å². The third kappa shape index (κ3) is 3.22. The zero-order chi connectivity index (χ0) is 14.1. The Bertz CT molecular complexity index is 620. The van der Waals surface area contributed by atoms with Crippen molar-refractivity contribution >= 4 is 15.8 Å². The van der Waals surface area contributed by atoms with Crippen LogP contribution in [0, 0.1) is 11.3 Å². The maximum absolute atomic E-state index is 12.1. The molecule has 0 fully saturated rings. The Morgan fingerprint density at radius 2 is 2.00 bits per heavy atom. The van der Waals surface area contributed by atoms with Crippen molar-refractivity contribution in [1.82, 2.24) is 4.98 Å². The fourth-order valence-electron chi connectivity index (χ4n) is 1.03. The van der Waals surface area contributed by atoms with Gasteiger partial charge in [-0.2, -0.15) is 5.26 Å². The minimum absolute atomic E-state index is 0.481. The number of nitrogen functional groups attached to an aromatic ring is 1. The Morgan fingerprint density at radius 3 is 2.39 bits per heavy atom. The molecule has 0 atom stereocenters. The van der Waals surface area contributed by atoms with Gasteiger partial charge in [0.15, 0.2) is 11.4 Å². The molecule has 0 aliphatic rings. The lowest BCUT2D eigenvalue weighted by Crippen LogP contribution is -2.22. The number of rotatable bonds is 2. The van der Waals surface area contributed by atoms with E-state index in [1.807, 2.05) is 0 Å².